The molecule has 2 aromatic carbocycles. The fourth-order valence-corrected chi connectivity index (χ4v) is 3.88. The molecule has 0 aliphatic heterocycles. The number of ether oxygens (including phenoxy) is 2. The highest BCUT2D eigenvalue weighted by molar-refractivity contribution is 9.28. The zero-order valence-electron chi connectivity index (χ0n) is 15.7. The molecule has 1 aliphatic carbocycles. The van der Waals surface area contributed by atoms with Crippen molar-refractivity contribution in [1.29, 1.82) is 5.26 Å². The van der Waals surface area contributed by atoms with E-state index in [-0.39, 0.29) is 23.1 Å². The molecule has 150 valence electrons. The summed E-state index contributed by atoms with van der Waals surface area (Å²) in [6.07, 6.45) is 0.873. The van der Waals surface area contributed by atoms with E-state index in [1.807, 2.05) is 26.0 Å². The van der Waals surface area contributed by atoms with E-state index in [1.54, 1.807) is 24.3 Å². The van der Waals surface area contributed by atoms with E-state index < -0.39 is 12.1 Å². The molecule has 1 aliphatic rings. The third-order valence-electron chi connectivity index (χ3n) is 5.03. The predicted molar refractivity (Wildman–Crippen MR) is 114 cm³/mol. The van der Waals surface area contributed by atoms with E-state index in [4.69, 9.17) is 9.47 Å². The van der Waals surface area contributed by atoms with Gasteiger partial charge in [-0.2, -0.15) is 5.26 Å². The second-order valence-corrected chi connectivity index (χ2v) is 10.1. The van der Waals surface area contributed by atoms with Gasteiger partial charge >= 0.3 is 5.97 Å². The lowest BCUT2D eigenvalue weighted by Crippen LogP contribution is -2.14. The Morgan fingerprint density at radius 2 is 1.90 bits per heavy atom. The Bertz CT molecular complexity index is 978. The Morgan fingerprint density at radius 3 is 2.52 bits per heavy atom. The lowest BCUT2D eigenvalue weighted by atomic mass is 10.1. The standard InChI is InChI=1S/C22H18Br2FNO3/c1-22(2)17(11-19(23)24)20(22)21(27)29-18(12-26)13-4-3-5-16(10-13)28-15-8-6-14(25)7-9-15/h3-11,17-18,20H,1-2H3/t17-,18?,20-/m0/s1. The number of hydrogen-bond acceptors (Lipinski definition) is 4. The van der Waals surface area contributed by atoms with E-state index >= 15 is 0 Å². The van der Waals surface area contributed by atoms with Crippen molar-refractivity contribution in [2.75, 3.05) is 0 Å². The summed E-state index contributed by atoms with van der Waals surface area (Å²) in [4.78, 5) is 12.7. The Hall–Kier alpha value is -2.17. The van der Waals surface area contributed by atoms with Crippen LogP contribution in [0.15, 0.2) is 58.0 Å². The molecule has 0 N–H and O–H groups in total. The van der Waals surface area contributed by atoms with Crippen LogP contribution in [-0.2, 0) is 9.53 Å². The molecule has 2 aromatic rings. The average molecular weight is 523 g/mol. The van der Waals surface area contributed by atoms with Crippen LogP contribution < -0.4 is 4.74 Å². The van der Waals surface area contributed by atoms with Crippen molar-refractivity contribution >= 4 is 37.8 Å². The summed E-state index contributed by atoms with van der Waals surface area (Å²) in [5.74, 6) is -0.136. The molecule has 0 bridgehead atoms. The van der Waals surface area contributed by atoms with Gasteiger partial charge in [0.15, 0.2) is 0 Å². The van der Waals surface area contributed by atoms with Crippen LogP contribution in [0.2, 0.25) is 0 Å². The topological polar surface area (TPSA) is 59.3 Å². The first kappa shape index (κ1) is 21.5. The number of benzene rings is 2. The Morgan fingerprint density at radius 1 is 1.21 bits per heavy atom. The summed E-state index contributed by atoms with van der Waals surface area (Å²) in [6.45, 7) is 3.98. The summed E-state index contributed by atoms with van der Waals surface area (Å²) in [7, 11) is 0. The highest BCUT2D eigenvalue weighted by Gasteiger charge is 2.61. The number of halogens is 3. The molecule has 1 saturated carbocycles. The maximum Gasteiger partial charge on any atom is 0.311 e. The van der Waals surface area contributed by atoms with Gasteiger partial charge in [-0.15, -0.1) is 0 Å². The van der Waals surface area contributed by atoms with Crippen LogP contribution in [0.4, 0.5) is 4.39 Å². The molecule has 0 heterocycles. The van der Waals surface area contributed by atoms with Crippen molar-refractivity contribution < 1.29 is 18.7 Å². The lowest BCUT2D eigenvalue weighted by Gasteiger charge is -2.13. The number of carbonyl (C=O) groups excluding carboxylic acids is 1. The van der Waals surface area contributed by atoms with Crippen molar-refractivity contribution in [2.24, 2.45) is 17.3 Å². The highest BCUT2D eigenvalue weighted by atomic mass is 79.9. The monoisotopic (exact) mass is 521 g/mol. The van der Waals surface area contributed by atoms with Crippen molar-refractivity contribution in [3.8, 4) is 17.6 Å². The smallest absolute Gasteiger partial charge is 0.311 e. The molecule has 1 unspecified atom stereocenters. The van der Waals surface area contributed by atoms with Crippen molar-refractivity contribution in [3.05, 3.63) is 69.4 Å². The zero-order valence-corrected chi connectivity index (χ0v) is 18.9. The summed E-state index contributed by atoms with van der Waals surface area (Å²) in [5, 5.41) is 9.55. The van der Waals surface area contributed by atoms with Gasteiger partial charge in [0.1, 0.15) is 23.4 Å². The van der Waals surface area contributed by atoms with Gasteiger partial charge in [-0.05, 0) is 79.6 Å². The second kappa shape index (κ2) is 8.68. The quantitative estimate of drug-likeness (QED) is 0.399. The molecule has 0 spiro atoms. The molecule has 7 heteroatoms. The number of allylic oxidation sites excluding steroid dienone is 1. The Kier molecular flexibility index (Phi) is 6.45. The van der Waals surface area contributed by atoms with Crippen LogP contribution in [0.3, 0.4) is 0 Å². The van der Waals surface area contributed by atoms with Gasteiger partial charge in [-0.25, -0.2) is 4.39 Å². The van der Waals surface area contributed by atoms with Crippen LogP contribution in [0, 0.1) is 34.4 Å². The molecule has 4 nitrogen and oxygen atoms in total. The van der Waals surface area contributed by atoms with Crippen LogP contribution >= 0.6 is 31.9 Å². The minimum absolute atomic E-state index is 0.0243. The normalized spacial score (nSPS) is 20.1. The lowest BCUT2D eigenvalue weighted by molar-refractivity contribution is -0.149. The predicted octanol–water partition coefficient (Wildman–Crippen LogP) is 6.63. The first-order valence-corrected chi connectivity index (χ1v) is 10.5. The SMILES string of the molecule is CC1(C)[C@H](C(=O)OC(C#N)c2cccc(Oc3ccc(F)cc3)c2)[C@@H]1C=C(Br)Br. The number of carbonyl (C=O) groups is 1. The number of esters is 1. The minimum atomic E-state index is -1.05. The van der Waals surface area contributed by atoms with Gasteiger partial charge in [0.25, 0.3) is 0 Å². The molecular formula is C22H18Br2FNO3. The summed E-state index contributed by atoms with van der Waals surface area (Å²) >= 11 is 6.64. The number of hydrogen-bond donors (Lipinski definition) is 0. The largest absolute Gasteiger partial charge is 0.457 e. The highest BCUT2D eigenvalue weighted by Crippen LogP contribution is 2.60. The maximum absolute atomic E-state index is 13.0. The molecule has 0 aromatic heterocycles. The van der Waals surface area contributed by atoms with Gasteiger partial charge in [0.05, 0.1) is 9.31 Å². The molecule has 0 amide bonds. The van der Waals surface area contributed by atoms with Gasteiger partial charge in [-0.1, -0.05) is 32.1 Å². The fourth-order valence-electron chi connectivity index (χ4n) is 3.31. The zero-order chi connectivity index (χ0) is 21.2. The molecular weight excluding hydrogens is 505 g/mol. The number of nitrogens with zero attached hydrogens (tertiary/aromatic N) is 1. The third kappa shape index (κ3) is 5.06. The second-order valence-electron chi connectivity index (χ2n) is 7.36. The van der Waals surface area contributed by atoms with Crippen LogP contribution in [0.5, 0.6) is 11.5 Å². The first-order valence-electron chi connectivity index (χ1n) is 8.88. The van der Waals surface area contributed by atoms with Gasteiger partial charge in [0.2, 0.25) is 6.10 Å². The third-order valence-corrected chi connectivity index (χ3v) is 5.56. The van der Waals surface area contributed by atoms with Crippen molar-refractivity contribution in [2.45, 2.75) is 20.0 Å². The van der Waals surface area contributed by atoms with Crippen LogP contribution in [0.25, 0.3) is 0 Å². The maximum atomic E-state index is 13.0. The van der Waals surface area contributed by atoms with Gasteiger partial charge < -0.3 is 9.47 Å². The van der Waals surface area contributed by atoms with Crippen LogP contribution in [-0.4, -0.2) is 5.97 Å². The van der Waals surface area contributed by atoms with E-state index in [0.29, 0.717) is 17.1 Å². The fraction of sp³-hybridized carbons (Fsp3) is 0.273. The van der Waals surface area contributed by atoms with Crippen molar-refractivity contribution in [1.82, 2.24) is 0 Å². The van der Waals surface area contributed by atoms with E-state index in [2.05, 4.69) is 31.9 Å². The average Bonchev–Trinajstić information content (AvgIpc) is 3.21. The Labute approximate surface area is 185 Å². The van der Waals surface area contributed by atoms with E-state index in [0.717, 1.165) is 3.39 Å². The molecule has 29 heavy (non-hydrogen) atoms. The Balaban J connectivity index is 1.72. The van der Waals surface area contributed by atoms with Crippen molar-refractivity contribution in [3.63, 3.8) is 0 Å². The van der Waals surface area contributed by atoms with Crippen LogP contribution in [0.1, 0.15) is 25.5 Å². The number of nitriles is 1. The first-order chi connectivity index (χ1) is 13.7. The molecule has 3 rings (SSSR count). The molecule has 0 radical (unpaired) electrons. The minimum Gasteiger partial charge on any atom is -0.457 e. The molecule has 3 atom stereocenters. The molecule has 0 saturated heterocycles. The summed E-state index contributed by atoms with van der Waals surface area (Å²) in [6, 6.07) is 14.4. The number of rotatable bonds is 6. The van der Waals surface area contributed by atoms with Gasteiger partial charge in [-0.3, -0.25) is 4.79 Å². The summed E-state index contributed by atoms with van der Waals surface area (Å²) in [5.41, 5.74) is 0.268. The summed E-state index contributed by atoms with van der Waals surface area (Å²) < 4.78 is 25.0. The van der Waals surface area contributed by atoms with Gasteiger partial charge in [0, 0.05) is 5.56 Å². The van der Waals surface area contributed by atoms with E-state index in [9.17, 15) is 14.4 Å². The van der Waals surface area contributed by atoms with E-state index in [1.165, 1.54) is 24.3 Å². The molecule has 1 fully saturated rings.